The average molecular weight is 223 g/mol. The van der Waals surface area contributed by atoms with Crippen LogP contribution in [0, 0.1) is 20.9 Å². The molecule has 0 aliphatic heterocycles. The van der Waals surface area contributed by atoms with Gasteiger partial charge in [0.2, 0.25) is 0 Å². The molecule has 0 radical (unpaired) electrons. The molecule has 0 atom stereocenters. The predicted octanol–water partition coefficient (Wildman–Crippen LogP) is 0.898. The lowest BCUT2D eigenvalue weighted by atomic mass is 10.0. The molecule has 3 N–H and O–H groups in total. The number of nitrogens with two attached hydrogens (primary N) is 1. The highest BCUT2D eigenvalue weighted by atomic mass is 16.6. The molecule has 86 valence electrons. The number of nitrogens with one attached hydrogen (secondary N) is 1. The van der Waals surface area contributed by atoms with Crippen LogP contribution >= 0.6 is 0 Å². The SMILES string of the molecule is N=C(N)CC1(Cn2cc([N+](=O)[O-])cn2)CC1. The lowest BCUT2D eigenvalue weighted by molar-refractivity contribution is -0.385. The number of hydrogen-bond donors (Lipinski definition) is 2. The molecule has 0 spiro atoms. The van der Waals surface area contributed by atoms with Crippen molar-refractivity contribution in [2.24, 2.45) is 11.1 Å². The third kappa shape index (κ3) is 2.18. The molecule has 1 aliphatic carbocycles. The maximum Gasteiger partial charge on any atom is 0.306 e. The molecule has 0 unspecified atom stereocenters. The van der Waals surface area contributed by atoms with E-state index in [2.05, 4.69) is 5.10 Å². The second-order valence-electron chi connectivity index (χ2n) is 4.36. The average Bonchev–Trinajstić information content (AvgIpc) is 2.75. The Morgan fingerprint density at radius 3 is 2.88 bits per heavy atom. The zero-order chi connectivity index (χ0) is 11.8. The van der Waals surface area contributed by atoms with Crippen LogP contribution in [0.25, 0.3) is 0 Å². The van der Waals surface area contributed by atoms with E-state index in [0.29, 0.717) is 13.0 Å². The monoisotopic (exact) mass is 223 g/mol. The van der Waals surface area contributed by atoms with Gasteiger partial charge in [-0.25, -0.2) is 0 Å². The van der Waals surface area contributed by atoms with E-state index in [4.69, 9.17) is 11.1 Å². The molecular weight excluding hydrogens is 210 g/mol. The second-order valence-corrected chi connectivity index (χ2v) is 4.36. The van der Waals surface area contributed by atoms with Crippen LogP contribution in [0.1, 0.15) is 19.3 Å². The summed E-state index contributed by atoms with van der Waals surface area (Å²) in [7, 11) is 0. The number of nitro groups is 1. The van der Waals surface area contributed by atoms with Crippen molar-refractivity contribution in [2.75, 3.05) is 0 Å². The summed E-state index contributed by atoms with van der Waals surface area (Å²) >= 11 is 0. The third-order valence-electron chi connectivity index (χ3n) is 2.85. The van der Waals surface area contributed by atoms with E-state index in [9.17, 15) is 10.1 Å². The molecule has 7 heteroatoms. The van der Waals surface area contributed by atoms with Crippen molar-refractivity contribution in [1.82, 2.24) is 9.78 Å². The van der Waals surface area contributed by atoms with Gasteiger partial charge in [0, 0.05) is 13.0 Å². The van der Waals surface area contributed by atoms with Gasteiger partial charge in [0.15, 0.2) is 0 Å². The summed E-state index contributed by atoms with van der Waals surface area (Å²) in [6, 6.07) is 0. The molecule has 0 aromatic carbocycles. The minimum absolute atomic E-state index is 0.00127. The van der Waals surface area contributed by atoms with E-state index >= 15 is 0 Å². The van der Waals surface area contributed by atoms with Gasteiger partial charge in [-0.3, -0.25) is 20.2 Å². The smallest absolute Gasteiger partial charge is 0.306 e. The van der Waals surface area contributed by atoms with Gasteiger partial charge in [0.25, 0.3) is 0 Å². The van der Waals surface area contributed by atoms with Gasteiger partial charge in [0.05, 0.1) is 10.8 Å². The Bertz CT molecular complexity index is 435. The van der Waals surface area contributed by atoms with Gasteiger partial charge in [0.1, 0.15) is 12.4 Å². The van der Waals surface area contributed by atoms with Gasteiger partial charge in [-0.15, -0.1) is 0 Å². The topological polar surface area (TPSA) is 111 Å². The lowest BCUT2D eigenvalue weighted by Gasteiger charge is -2.13. The first-order chi connectivity index (χ1) is 7.51. The number of nitrogens with zero attached hydrogens (tertiary/aromatic N) is 3. The van der Waals surface area contributed by atoms with Crippen molar-refractivity contribution >= 4 is 11.5 Å². The highest BCUT2D eigenvalue weighted by Gasteiger charge is 2.43. The summed E-state index contributed by atoms with van der Waals surface area (Å²) in [5.74, 6) is 0.166. The number of aromatic nitrogens is 2. The van der Waals surface area contributed by atoms with Crippen molar-refractivity contribution in [2.45, 2.75) is 25.8 Å². The van der Waals surface area contributed by atoms with Gasteiger partial charge in [-0.1, -0.05) is 0 Å². The van der Waals surface area contributed by atoms with Gasteiger partial charge < -0.3 is 5.73 Å². The quantitative estimate of drug-likeness (QED) is 0.334. The molecule has 0 saturated heterocycles. The van der Waals surface area contributed by atoms with E-state index < -0.39 is 4.92 Å². The second kappa shape index (κ2) is 3.58. The van der Waals surface area contributed by atoms with Crippen LogP contribution in [0.4, 0.5) is 5.69 Å². The highest BCUT2D eigenvalue weighted by molar-refractivity contribution is 5.78. The predicted molar refractivity (Wildman–Crippen MR) is 57.1 cm³/mol. The molecule has 1 aromatic rings. The molecule has 1 fully saturated rings. The largest absolute Gasteiger partial charge is 0.388 e. The maximum absolute atomic E-state index is 10.5. The Kier molecular flexibility index (Phi) is 2.37. The Hall–Kier alpha value is -1.92. The molecule has 0 bridgehead atoms. The van der Waals surface area contributed by atoms with Gasteiger partial charge in [-0.05, 0) is 18.3 Å². The van der Waals surface area contributed by atoms with Crippen LogP contribution in [-0.4, -0.2) is 20.5 Å². The summed E-state index contributed by atoms with van der Waals surface area (Å²) in [4.78, 5) is 10.0. The Morgan fingerprint density at radius 2 is 2.44 bits per heavy atom. The zero-order valence-electron chi connectivity index (χ0n) is 8.72. The molecule has 2 rings (SSSR count). The summed E-state index contributed by atoms with van der Waals surface area (Å²) in [5, 5.41) is 21.7. The van der Waals surface area contributed by atoms with Gasteiger partial charge in [-0.2, -0.15) is 5.10 Å². The fraction of sp³-hybridized carbons (Fsp3) is 0.556. The molecule has 1 heterocycles. The normalized spacial score (nSPS) is 17.0. The van der Waals surface area contributed by atoms with E-state index in [1.54, 1.807) is 4.68 Å². The number of amidine groups is 1. The number of rotatable bonds is 5. The van der Waals surface area contributed by atoms with Crippen molar-refractivity contribution in [1.29, 1.82) is 5.41 Å². The first-order valence-corrected chi connectivity index (χ1v) is 5.01. The standard InChI is InChI=1S/C9H13N5O2/c10-8(11)3-9(1-2-9)6-13-5-7(4-12-13)14(15)16/h4-5H,1-3,6H2,(H3,10,11). The fourth-order valence-electron chi connectivity index (χ4n) is 1.85. The molecule has 16 heavy (non-hydrogen) atoms. The summed E-state index contributed by atoms with van der Waals surface area (Å²) < 4.78 is 1.56. The molecule has 7 nitrogen and oxygen atoms in total. The fourth-order valence-corrected chi connectivity index (χ4v) is 1.85. The third-order valence-corrected chi connectivity index (χ3v) is 2.85. The van der Waals surface area contributed by atoms with Crippen LogP contribution < -0.4 is 5.73 Å². The Labute approximate surface area is 91.9 Å². The minimum Gasteiger partial charge on any atom is -0.388 e. The van der Waals surface area contributed by atoms with Crippen molar-refractivity contribution in [3.63, 3.8) is 0 Å². The van der Waals surface area contributed by atoms with E-state index in [-0.39, 0.29) is 16.9 Å². The van der Waals surface area contributed by atoms with Crippen molar-refractivity contribution in [3.05, 3.63) is 22.5 Å². The van der Waals surface area contributed by atoms with Crippen LogP contribution in [0.2, 0.25) is 0 Å². The molecular formula is C9H13N5O2. The molecule has 0 amide bonds. The van der Waals surface area contributed by atoms with Gasteiger partial charge >= 0.3 is 5.69 Å². The lowest BCUT2D eigenvalue weighted by Crippen LogP contribution is -2.20. The minimum atomic E-state index is -0.464. The Morgan fingerprint density at radius 1 is 1.75 bits per heavy atom. The van der Waals surface area contributed by atoms with Crippen molar-refractivity contribution < 1.29 is 4.92 Å². The van der Waals surface area contributed by atoms with Crippen LogP contribution in [0.15, 0.2) is 12.4 Å². The van der Waals surface area contributed by atoms with E-state index in [1.807, 2.05) is 0 Å². The zero-order valence-corrected chi connectivity index (χ0v) is 8.72. The summed E-state index contributed by atoms with van der Waals surface area (Å²) in [5.41, 5.74) is 5.38. The summed E-state index contributed by atoms with van der Waals surface area (Å²) in [6.07, 6.45) is 5.20. The van der Waals surface area contributed by atoms with E-state index in [0.717, 1.165) is 12.8 Å². The number of hydrogen-bond acceptors (Lipinski definition) is 4. The van der Waals surface area contributed by atoms with Crippen LogP contribution in [-0.2, 0) is 6.54 Å². The first kappa shape index (κ1) is 10.6. The molecule has 1 aliphatic rings. The Balaban J connectivity index is 2.03. The van der Waals surface area contributed by atoms with Crippen molar-refractivity contribution in [3.8, 4) is 0 Å². The highest BCUT2D eigenvalue weighted by Crippen LogP contribution is 2.50. The summed E-state index contributed by atoms with van der Waals surface area (Å²) in [6.45, 7) is 0.598. The van der Waals surface area contributed by atoms with Crippen LogP contribution in [0.3, 0.4) is 0 Å². The molecule has 1 saturated carbocycles. The van der Waals surface area contributed by atoms with E-state index in [1.165, 1.54) is 12.4 Å². The molecule has 1 aromatic heterocycles. The van der Waals surface area contributed by atoms with Crippen LogP contribution in [0.5, 0.6) is 0 Å². The first-order valence-electron chi connectivity index (χ1n) is 5.01. The maximum atomic E-state index is 10.5.